The Morgan fingerprint density at radius 3 is 2.63 bits per heavy atom. The fraction of sp³-hybridized carbons (Fsp3) is 0.267. The number of rotatable bonds is 3. The average molecular weight is 280 g/mol. The maximum Gasteiger partial charge on any atom is 0.223 e. The van der Waals surface area contributed by atoms with Gasteiger partial charge in [-0.1, -0.05) is 6.07 Å². The minimum Gasteiger partial charge on any atom is -0.438 e. The number of halogens is 2. The second kappa shape index (κ2) is 5.57. The van der Waals surface area contributed by atoms with Crippen LogP contribution in [0, 0.1) is 26.6 Å². The zero-order chi connectivity index (χ0) is 14.0. The number of nitrogens with zero attached hydrogens (tertiary/aromatic N) is 1. The molecule has 2 rings (SSSR count). The Balaban J connectivity index is 2.41. The van der Waals surface area contributed by atoms with Crippen molar-refractivity contribution in [2.75, 3.05) is 0 Å². The number of hydrogen-bond acceptors (Lipinski definition) is 2. The summed E-state index contributed by atoms with van der Waals surface area (Å²) in [6, 6.07) is 5.36. The number of benzene rings is 1. The van der Waals surface area contributed by atoms with E-state index in [9.17, 15) is 4.39 Å². The highest BCUT2D eigenvalue weighted by Crippen LogP contribution is 2.30. The van der Waals surface area contributed by atoms with E-state index in [0.29, 0.717) is 11.4 Å². The van der Waals surface area contributed by atoms with E-state index in [0.717, 1.165) is 28.6 Å². The Morgan fingerprint density at radius 1 is 1.21 bits per heavy atom. The van der Waals surface area contributed by atoms with Crippen LogP contribution in [0.3, 0.4) is 0 Å². The molecule has 0 aliphatic heterocycles. The summed E-state index contributed by atoms with van der Waals surface area (Å²) in [5.74, 6) is 0.817. The fourth-order valence-corrected chi connectivity index (χ4v) is 2.06. The van der Waals surface area contributed by atoms with Crippen molar-refractivity contribution in [3.8, 4) is 11.6 Å². The standard InChI is InChI=1S/C15H15ClFNO/c1-9-4-10(2)11(3)14(5-9)19-15-12(7-16)6-13(17)8-18-15/h4-6,8H,7H2,1-3H3. The average Bonchev–Trinajstić information content (AvgIpc) is 2.37. The smallest absolute Gasteiger partial charge is 0.223 e. The molecule has 2 aromatic rings. The van der Waals surface area contributed by atoms with Crippen molar-refractivity contribution in [1.82, 2.24) is 4.98 Å². The molecule has 100 valence electrons. The van der Waals surface area contributed by atoms with Gasteiger partial charge in [0.05, 0.1) is 12.1 Å². The van der Waals surface area contributed by atoms with E-state index in [1.807, 2.05) is 26.8 Å². The summed E-state index contributed by atoms with van der Waals surface area (Å²) < 4.78 is 18.9. The van der Waals surface area contributed by atoms with E-state index in [2.05, 4.69) is 11.1 Å². The van der Waals surface area contributed by atoms with Crippen molar-refractivity contribution in [2.45, 2.75) is 26.7 Å². The van der Waals surface area contributed by atoms with Crippen LogP contribution in [-0.2, 0) is 5.88 Å². The predicted octanol–water partition coefficient (Wildman–Crippen LogP) is 4.68. The van der Waals surface area contributed by atoms with E-state index in [4.69, 9.17) is 16.3 Å². The van der Waals surface area contributed by atoms with E-state index in [1.165, 1.54) is 6.07 Å². The molecule has 2 nitrogen and oxygen atoms in total. The fourth-order valence-electron chi connectivity index (χ4n) is 1.87. The van der Waals surface area contributed by atoms with Gasteiger partial charge in [-0.25, -0.2) is 9.37 Å². The van der Waals surface area contributed by atoms with Crippen molar-refractivity contribution < 1.29 is 9.13 Å². The normalized spacial score (nSPS) is 10.6. The summed E-state index contributed by atoms with van der Waals surface area (Å²) in [6.07, 6.45) is 1.13. The van der Waals surface area contributed by atoms with Crippen molar-refractivity contribution in [2.24, 2.45) is 0 Å². The molecular weight excluding hydrogens is 265 g/mol. The van der Waals surface area contributed by atoms with Gasteiger partial charge in [0.25, 0.3) is 0 Å². The molecule has 0 atom stereocenters. The van der Waals surface area contributed by atoms with Gasteiger partial charge in [-0.2, -0.15) is 0 Å². The quantitative estimate of drug-likeness (QED) is 0.761. The maximum absolute atomic E-state index is 13.1. The van der Waals surface area contributed by atoms with Crippen LogP contribution in [-0.4, -0.2) is 4.98 Å². The topological polar surface area (TPSA) is 22.1 Å². The molecule has 0 radical (unpaired) electrons. The van der Waals surface area contributed by atoms with Crippen LogP contribution in [0.5, 0.6) is 11.6 Å². The van der Waals surface area contributed by atoms with Crippen molar-refractivity contribution in [3.05, 3.63) is 52.5 Å². The molecule has 0 N–H and O–H groups in total. The molecular formula is C15H15ClFNO. The van der Waals surface area contributed by atoms with Crippen molar-refractivity contribution >= 4 is 11.6 Å². The minimum absolute atomic E-state index is 0.157. The largest absolute Gasteiger partial charge is 0.438 e. The molecule has 0 bridgehead atoms. The lowest BCUT2D eigenvalue weighted by molar-refractivity contribution is 0.450. The number of aromatic nitrogens is 1. The van der Waals surface area contributed by atoms with Crippen LogP contribution in [0.15, 0.2) is 24.4 Å². The second-order valence-electron chi connectivity index (χ2n) is 4.56. The van der Waals surface area contributed by atoms with Gasteiger partial charge >= 0.3 is 0 Å². The Hall–Kier alpha value is -1.61. The van der Waals surface area contributed by atoms with Gasteiger partial charge in [0.15, 0.2) is 0 Å². The van der Waals surface area contributed by atoms with Gasteiger partial charge in [0.2, 0.25) is 5.88 Å². The van der Waals surface area contributed by atoms with Gasteiger partial charge in [0.1, 0.15) is 11.6 Å². The molecule has 0 unspecified atom stereocenters. The summed E-state index contributed by atoms with van der Waals surface area (Å²) in [5, 5.41) is 0. The number of ether oxygens (including phenoxy) is 1. The lowest BCUT2D eigenvalue weighted by atomic mass is 10.1. The molecule has 0 fully saturated rings. The van der Waals surface area contributed by atoms with E-state index in [1.54, 1.807) is 0 Å². The predicted molar refractivity (Wildman–Crippen MR) is 74.5 cm³/mol. The van der Waals surface area contributed by atoms with Gasteiger partial charge in [-0.3, -0.25) is 0 Å². The van der Waals surface area contributed by atoms with Crippen LogP contribution >= 0.6 is 11.6 Å². The summed E-state index contributed by atoms with van der Waals surface area (Å²) in [4.78, 5) is 3.96. The molecule has 0 amide bonds. The molecule has 0 aliphatic rings. The molecule has 1 heterocycles. The van der Waals surface area contributed by atoms with Crippen molar-refractivity contribution in [1.29, 1.82) is 0 Å². The minimum atomic E-state index is -0.417. The summed E-state index contributed by atoms with van der Waals surface area (Å²) in [7, 11) is 0. The van der Waals surface area contributed by atoms with Gasteiger partial charge in [0, 0.05) is 5.56 Å². The molecule has 1 aromatic heterocycles. The third-order valence-electron chi connectivity index (χ3n) is 3.01. The summed E-state index contributed by atoms with van der Waals surface area (Å²) in [5.41, 5.74) is 3.83. The molecule has 19 heavy (non-hydrogen) atoms. The first-order valence-corrected chi connectivity index (χ1v) is 6.51. The lowest BCUT2D eigenvalue weighted by Gasteiger charge is -2.13. The molecule has 0 aliphatic carbocycles. The first-order chi connectivity index (χ1) is 9.01. The highest BCUT2D eigenvalue weighted by molar-refractivity contribution is 6.17. The molecule has 4 heteroatoms. The number of pyridine rings is 1. The maximum atomic E-state index is 13.1. The van der Waals surface area contributed by atoms with Crippen LogP contribution in [0.1, 0.15) is 22.3 Å². The molecule has 1 aromatic carbocycles. The lowest BCUT2D eigenvalue weighted by Crippen LogP contribution is -1.97. The van der Waals surface area contributed by atoms with E-state index >= 15 is 0 Å². The third-order valence-corrected chi connectivity index (χ3v) is 3.29. The van der Waals surface area contributed by atoms with Crippen molar-refractivity contribution in [3.63, 3.8) is 0 Å². The zero-order valence-corrected chi connectivity index (χ0v) is 11.9. The Morgan fingerprint density at radius 2 is 1.95 bits per heavy atom. The zero-order valence-electron chi connectivity index (χ0n) is 11.1. The Bertz CT molecular complexity index is 613. The van der Waals surface area contributed by atoms with Gasteiger partial charge in [-0.15, -0.1) is 11.6 Å². The van der Waals surface area contributed by atoms with Crippen LogP contribution < -0.4 is 4.74 Å². The number of alkyl halides is 1. The van der Waals surface area contributed by atoms with E-state index < -0.39 is 5.82 Å². The SMILES string of the molecule is Cc1cc(C)c(C)c(Oc2ncc(F)cc2CCl)c1. The molecule has 0 saturated heterocycles. The Kier molecular flexibility index (Phi) is 4.05. The summed E-state index contributed by atoms with van der Waals surface area (Å²) in [6.45, 7) is 6.00. The van der Waals surface area contributed by atoms with Gasteiger partial charge in [-0.05, 0) is 49.6 Å². The van der Waals surface area contributed by atoms with E-state index in [-0.39, 0.29) is 5.88 Å². The molecule has 0 spiro atoms. The third kappa shape index (κ3) is 3.04. The highest BCUT2D eigenvalue weighted by atomic mass is 35.5. The first kappa shape index (κ1) is 13.8. The summed E-state index contributed by atoms with van der Waals surface area (Å²) >= 11 is 5.79. The first-order valence-electron chi connectivity index (χ1n) is 5.97. The number of aryl methyl sites for hydroxylation is 2. The van der Waals surface area contributed by atoms with Crippen LogP contribution in [0.25, 0.3) is 0 Å². The highest BCUT2D eigenvalue weighted by Gasteiger charge is 2.10. The van der Waals surface area contributed by atoms with Gasteiger partial charge < -0.3 is 4.74 Å². The number of hydrogen-bond donors (Lipinski definition) is 0. The second-order valence-corrected chi connectivity index (χ2v) is 4.83. The molecule has 0 saturated carbocycles. The monoisotopic (exact) mass is 279 g/mol. The Labute approximate surface area is 117 Å². The van der Waals surface area contributed by atoms with Crippen LogP contribution in [0.4, 0.5) is 4.39 Å². The van der Waals surface area contributed by atoms with Crippen LogP contribution in [0.2, 0.25) is 0 Å².